The lowest BCUT2D eigenvalue weighted by molar-refractivity contribution is 0.161. The van der Waals surface area contributed by atoms with E-state index in [2.05, 4.69) is 5.32 Å². The van der Waals surface area contributed by atoms with Gasteiger partial charge in [0.05, 0.1) is 13.2 Å². The molecular formula is C18H32N2O4. The van der Waals surface area contributed by atoms with E-state index in [0.29, 0.717) is 23.6 Å². The van der Waals surface area contributed by atoms with Crippen molar-refractivity contribution in [2.75, 3.05) is 27.7 Å². The molecule has 1 atom stereocenters. The smallest absolute Gasteiger partial charge is 0.414 e. The van der Waals surface area contributed by atoms with Crippen molar-refractivity contribution in [3.8, 4) is 11.5 Å². The molecule has 6 heteroatoms. The third kappa shape index (κ3) is 8.17. The monoisotopic (exact) mass is 340 g/mol. The summed E-state index contributed by atoms with van der Waals surface area (Å²) in [6.45, 7) is 10.5. The van der Waals surface area contributed by atoms with Gasteiger partial charge < -0.3 is 24.8 Å². The summed E-state index contributed by atoms with van der Waals surface area (Å²) >= 11 is 0. The largest absolute Gasteiger partial charge is 0.497 e. The van der Waals surface area contributed by atoms with Crippen molar-refractivity contribution in [2.24, 2.45) is 0 Å². The van der Waals surface area contributed by atoms with Gasteiger partial charge in [-0.25, -0.2) is 4.79 Å². The molecule has 0 fully saturated rings. The van der Waals surface area contributed by atoms with E-state index >= 15 is 0 Å². The number of aliphatic hydroxyl groups is 1. The first-order valence-electron chi connectivity index (χ1n) is 8.13. The van der Waals surface area contributed by atoms with Crippen molar-refractivity contribution in [3.63, 3.8) is 0 Å². The Morgan fingerprint density at radius 1 is 1.21 bits per heavy atom. The van der Waals surface area contributed by atoms with Crippen LogP contribution < -0.4 is 14.8 Å². The Morgan fingerprint density at radius 3 is 2.21 bits per heavy atom. The quantitative estimate of drug-likeness (QED) is 0.861. The average Bonchev–Trinajstić information content (AvgIpc) is 2.53. The first-order chi connectivity index (χ1) is 11.1. The highest BCUT2D eigenvalue weighted by Crippen LogP contribution is 2.27. The Hall–Kier alpha value is -1.79. The van der Waals surface area contributed by atoms with Gasteiger partial charge in [-0.2, -0.15) is 0 Å². The molecule has 138 valence electrons. The zero-order chi connectivity index (χ0) is 18.9. The van der Waals surface area contributed by atoms with Gasteiger partial charge in [0.2, 0.25) is 0 Å². The molecule has 6 nitrogen and oxygen atoms in total. The number of benzene rings is 1. The lowest BCUT2D eigenvalue weighted by Crippen LogP contribution is -2.38. The number of rotatable bonds is 5. The molecule has 1 aromatic carbocycles. The minimum absolute atomic E-state index is 0.0972. The summed E-state index contributed by atoms with van der Waals surface area (Å²) in [5.41, 5.74) is 0.526. The number of aliphatic hydroxyl groups excluding tert-OH is 1. The van der Waals surface area contributed by atoms with Crippen LogP contribution in [0.3, 0.4) is 0 Å². The fourth-order valence-corrected chi connectivity index (χ4v) is 1.68. The number of hydrogen-bond acceptors (Lipinski definition) is 5. The molecule has 2 N–H and O–H groups in total. The second-order valence-electron chi connectivity index (χ2n) is 6.35. The Labute approximate surface area is 145 Å². The van der Waals surface area contributed by atoms with E-state index in [1.807, 2.05) is 34.6 Å². The first kappa shape index (κ1) is 22.2. The fraction of sp³-hybridized carbons (Fsp3) is 0.611. The normalized spacial score (nSPS) is 11.9. The van der Waals surface area contributed by atoms with Gasteiger partial charge in [0.1, 0.15) is 11.5 Å². The van der Waals surface area contributed by atoms with Crippen LogP contribution in [0.2, 0.25) is 0 Å². The van der Waals surface area contributed by atoms with Gasteiger partial charge in [-0.1, -0.05) is 13.8 Å². The number of carbonyl (C=O) groups is 1. The lowest BCUT2D eigenvalue weighted by atomic mass is 10.1. The van der Waals surface area contributed by atoms with Gasteiger partial charge in [0, 0.05) is 32.2 Å². The van der Waals surface area contributed by atoms with Crippen LogP contribution in [0, 0.1) is 0 Å². The van der Waals surface area contributed by atoms with Crippen molar-refractivity contribution < 1.29 is 19.4 Å². The number of amides is 1. The number of ether oxygens (including phenoxy) is 2. The average molecular weight is 340 g/mol. The summed E-state index contributed by atoms with van der Waals surface area (Å²) in [6.07, 6.45) is -1.22. The van der Waals surface area contributed by atoms with Crippen LogP contribution in [0.1, 0.15) is 46.3 Å². The topological polar surface area (TPSA) is 71.0 Å². The Kier molecular flexibility index (Phi) is 9.40. The van der Waals surface area contributed by atoms with Crippen molar-refractivity contribution in [1.29, 1.82) is 0 Å². The van der Waals surface area contributed by atoms with Crippen molar-refractivity contribution in [1.82, 2.24) is 10.2 Å². The molecule has 0 radical (unpaired) electrons. The van der Waals surface area contributed by atoms with Gasteiger partial charge in [-0.05, 0) is 38.5 Å². The summed E-state index contributed by atoms with van der Waals surface area (Å²) in [6, 6.07) is 4.97. The lowest BCUT2D eigenvalue weighted by Gasteiger charge is -2.23. The van der Waals surface area contributed by atoms with Gasteiger partial charge in [0.15, 0.2) is 0 Å². The highest BCUT2D eigenvalue weighted by Gasteiger charge is 2.16. The molecule has 0 aliphatic heterocycles. The van der Waals surface area contributed by atoms with E-state index < -0.39 is 12.2 Å². The molecule has 1 rings (SSSR count). The maximum absolute atomic E-state index is 11.6. The number of methoxy groups -OCH3 is 1. The summed E-state index contributed by atoms with van der Waals surface area (Å²) in [7, 11) is 4.73. The molecule has 1 aromatic rings. The summed E-state index contributed by atoms with van der Waals surface area (Å²) in [5, 5.41) is 13.5. The van der Waals surface area contributed by atoms with E-state index in [1.54, 1.807) is 32.3 Å². The summed E-state index contributed by atoms with van der Waals surface area (Å²) in [5.74, 6) is 0.858. The van der Waals surface area contributed by atoms with Gasteiger partial charge >= 0.3 is 6.09 Å². The van der Waals surface area contributed by atoms with Gasteiger partial charge in [-0.15, -0.1) is 0 Å². The van der Waals surface area contributed by atoms with E-state index in [9.17, 15) is 9.90 Å². The minimum atomic E-state index is -0.730. The zero-order valence-electron chi connectivity index (χ0n) is 16.1. The SMILES string of the molecule is CC.COc1cc(OC(=O)N(C)C)cc(C(O)CNC(C)(C)C)c1. The van der Waals surface area contributed by atoms with Gasteiger partial charge in [-0.3, -0.25) is 0 Å². The van der Waals surface area contributed by atoms with Crippen LogP contribution in [0.4, 0.5) is 4.79 Å². The Balaban J connectivity index is 0.00000254. The maximum atomic E-state index is 11.6. The number of hydrogen-bond donors (Lipinski definition) is 2. The van der Waals surface area contributed by atoms with Crippen LogP contribution in [-0.4, -0.2) is 49.4 Å². The molecule has 0 saturated heterocycles. The third-order valence-electron chi connectivity index (χ3n) is 2.92. The predicted molar refractivity (Wildman–Crippen MR) is 96.8 cm³/mol. The molecule has 0 spiro atoms. The number of carbonyl (C=O) groups excluding carboxylic acids is 1. The molecular weight excluding hydrogens is 308 g/mol. The summed E-state index contributed by atoms with van der Waals surface area (Å²) < 4.78 is 10.4. The van der Waals surface area contributed by atoms with Crippen LogP contribution in [0.5, 0.6) is 11.5 Å². The molecule has 0 bridgehead atoms. The third-order valence-corrected chi connectivity index (χ3v) is 2.92. The number of nitrogens with zero attached hydrogens (tertiary/aromatic N) is 1. The second-order valence-corrected chi connectivity index (χ2v) is 6.35. The standard InChI is InChI=1S/C16H26N2O4.C2H6/c1-16(2,3)17-10-14(19)11-7-12(21-6)9-13(8-11)22-15(20)18(4)5;1-2/h7-9,14,17,19H,10H2,1-6H3;1-2H3. The van der Waals surface area contributed by atoms with Crippen LogP contribution >= 0.6 is 0 Å². The minimum Gasteiger partial charge on any atom is -0.497 e. The highest BCUT2D eigenvalue weighted by molar-refractivity contribution is 5.70. The van der Waals surface area contributed by atoms with Crippen LogP contribution in [-0.2, 0) is 0 Å². The van der Waals surface area contributed by atoms with Crippen LogP contribution in [0.25, 0.3) is 0 Å². The number of β-amino-alcohol motifs (C(OH)–C–C–N with tert-alkyl or cyclic N) is 1. The first-order valence-corrected chi connectivity index (χ1v) is 8.13. The molecule has 0 saturated carbocycles. The second kappa shape index (κ2) is 10.2. The zero-order valence-corrected chi connectivity index (χ0v) is 16.1. The van der Waals surface area contributed by atoms with Crippen molar-refractivity contribution in [3.05, 3.63) is 23.8 Å². The van der Waals surface area contributed by atoms with E-state index in [-0.39, 0.29) is 5.54 Å². The Morgan fingerprint density at radius 2 is 1.75 bits per heavy atom. The van der Waals surface area contributed by atoms with E-state index in [4.69, 9.17) is 9.47 Å². The Bertz CT molecular complexity index is 510. The number of nitrogens with one attached hydrogen (secondary N) is 1. The summed E-state index contributed by atoms with van der Waals surface area (Å²) in [4.78, 5) is 13.0. The van der Waals surface area contributed by atoms with Crippen molar-refractivity contribution in [2.45, 2.75) is 46.3 Å². The van der Waals surface area contributed by atoms with Crippen molar-refractivity contribution >= 4 is 6.09 Å². The van der Waals surface area contributed by atoms with Gasteiger partial charge in [0.25, 0.3) is 0 Å². The van der Waals surface area contributed by atoms with E-state index in [0.717, 1.165) is 0 Å². The molecule has 0 aromatic heterocycles. The molecule has 0 aliphatic carbocycles. The van der Waals surface area contributed by atoms with Crippen LogP contribution in [0.15, 0.2) is 18.2 Å². The molecule has 1 unspecified atom stereocenters. The molecule has 24 heavy (non-hydrogen) atoms. The molecule has 1 amide bonds. The predicted octanol–water partition coefficient (Wildman–Crippen LogP) is 3.20. The highest BCUT2D eigenvalue weighted by atomic mass is 16.6. The fourth-order valence-electron chi connectivity index (χ4n) is 1.68. The maximum Gasteiger partial charge on any atom is 0.414 e. The van der Waals surface area contributed by atoms with E-state index in [1.165, 1.54) is 12.0 Å². The molecule has 0 heterocycles. The molecule has 0 aliphatic rings.